The number of hydrogen-bond acceptors (Lipinski definition) is 2. The van der Waals surface area contributed by atoms with Gasteiger partial charge in [0.05, 0.1) is 5.02 Å². The molecule has 16 heavy (non-hydrogen) atoms. The smallest absolute Gasteiger partial charge is 0.105 e. The van der Waals surface area contributed by atoms with E-state index in [-0.39, 0.29) is 0 Å². The molecule has 1 unspecified atom stereocenters. The molecule has 1 heterocycles. The Hall–Kier alpha value is -0.350. The maximum absolute atomic E-state index is 10.2. The third-order valence-electron chi connectivity index (χ3n) is 2.45. The van der Waals surface area contributed by atoms with Crippen molar-refractivity contribution >= 4 is 38.9 Å². The zero-order chi connectivity index (χ0) is 11.7. The van der Waals surface area contributed by atoms with Gasteiger partial charge in [-0.15, -0.1) is 11.3 Å². The molecule has 0 aliphatic carbocycles. The third-order valence-corrected chi connectivity index (χ3v) is 4.53. The molecule has 0 amide bonds. The number of aryl methyl sites for hydroxylation is 1. The van der Waals surface area contributed by atoms with Gasteiger partial charge in [0.25, 0.3) is 0 Å². The molecule has 0 spiro atoms. The predicted molar refractivity (Wildman–Crippen MR) is 72.3 cm³/mol. The van der Waals surface area contributed by atoms with Gasteiger partial charge in [-0.3, -0.25) is 0 Å². The van der Waals surface area contributed by atoms with Gasteiger partial charge in [0.1, 0.15) is 6.10 Å². The van der Waals surface area contributed by atoms with E-state index in [1.165, 1.54) is 0 Å². The van der Waals surface area contributed by atoms with Crippen LogP contribution >= 0.6 is 38.9 Å². The van der Waals surface area contributed by atoms with Gasteiger partial charge >= 0.3 is 0 Å². The van der Waals surface area contributed by atoms with Crippen molar-refractivity contribution in [3.8, 4) is 0 Å². The van der Waals surface area contributed by atoms with E-state index in [1.54, 1.807) is 17.4 Å². The van der Waals surface area contributed by atoms with Crippen LogP contribution in [0.15, 0.2) is 34.1 Å². The van der Waals surface area contributed by atoms with Gasteiger partial charge < -0.3 is 5.11 Å². The van der Waals surface area contributed by atoms with Crippen LogP contribution in [0.3, 0.4) is 0 Å². The average molecular weight is 318 g/mol. The number of rotatable bonds is 2. The van der Waals surface area contributed by atoms with Gasteiger partial charge in [-0.05, 0) is 57.6 Å². The molecule has 2 rings (SSSR count). The molecule has 1 aromatic heterocycles. The van der Waals surface area contributed by atoms with Crippen LogP contribution in [0.25, 0.3) is 0 Å². The Morgan fingerprint density at radius 2 is 2.12 bits per heavy atom. The fourth-order valence-corrected chi connectivity index (χ4v) is 2.79. The molecule has 1 atom stereocenters. The molecule has 84 valence electrons. The summed E-state index contributed by atoms with van der Waals surface area (Å²) in [7, 11) is 0. The Kier molecular flexibility index (Phi) is 3.70. The van der Waals surface area contributed by atoms with Crippen LogP contribution < -0.4 is 0 Å². The van der Waals surface area contributed by atoms with Gasteiger partial charge in [-0.2, -0.15) is 0 Å². The molecule has 0 radical (unpaired) electrons. The fourth-order valence-electron chi connectivity index (χ4n) is 1.54. The Labute approximate surface area is 112 Å². The third kappa shape index (κ3) is 2.33. The maximum atomic E-state index is 10.2. The molecular formula is C12H10BrClOS. The van der Waals surface area contributed by atoms with Crippen LogP contribution in [0.4, 0.5) is 0 Å². The van der Waals surface area contributed by atoms with Crippen LogP contribution in [-0.4, -0.2) is 5.11 Å². The summed E-state index contributed by atoms with van der Waals surface area (Å²) in [6, 6.07) is 7.43. The lowest BCUT2D eigenvalue weighted by Crippen LogP contribution is -1.99. The van der Waals surface area contributed by atoms with Crippen molar-refractivity contribution in [1.82, 2.24) is 0 Å². The van der Waals surface area contributed by atoms with Crippen LogP contribution in [0.5, 0.6) is 0 Å². The van der Waals surface area contributed by atoms with E-state index in [0.717, 1.165) is 20.5 Å². The standard InChI is InChI=1S/C12H10BrClOS/c1-7-9(4-5-16-7)12(15)8-2-3-11(14)10(13)6-8/h2-6,12,15H,1H3. The summed E-state index contributed by atoms with van der Waals surface area (Å²) in [4.78, 5) is 1.14. The first-order valence-corrected chi connectivity index (χ1v) is 6.81. The second-order valence-corrected chi connectivity index (χ2v) is 5.89. The maximum Gasteiger partial charge on any atom is 0.105 e. The lowest BCUT2D eigenvalue weighted by molar-refractivity contribution is 0.220. The highest BCUT2D eigenvalue weighted by Crippen LogP contribution is 2.31. The SMILES string of the molecule is Cc1sccc1C(O)c1ccc(Cl)c(Br)c1. The van der Waals surface area contributed by atoms with Crippen molar-refractivity contribution in [2.75, 3.05) is 0 Å². The highest BCUT2D eigenvalue weighted by molar-refractivity contribution is 9.10. The molecule has 0 saturated heterocycles. The summed E-state index contributed by atoms with van der Waals surface area (Å²) in [5, 5.41) is 12.9. The first-order valence-electron chi connectivity index (χ1n) is 4.76. The molecular weight excluding hydrogens is 308 g/mol. The van der Waals surface area contributed by atoms with Crippen LogP contribution in [-0.2, 0) is 0 Å². The second kappa shape index (κ2) is 4.88. The van der Waals surface area contributed by atoms with E-state index >= 15 is 0 Å². The molecule has 0 aliphatic rings. The topological polar surface area (TPSA) is 20.2 Å². The van der Waals surface area contributed by atoms with Gasteiger partial charge in [-0.1, -0.05) is 17.7 Å². The van der Waals surface area contributed by atoms with Crippen LogP contribution in [0.2, 0.25) is 5.02 Å². The molecule has 0 bridgehead atoms. The molecule has 2 aromatic rings. The van der Waals surface area contributed by atoms with Crippen molar-refractivity contribution in [1.29, 1.82) is 0 Å². The molecule has 1 nitrogen and oxygen atoms in total. The highest BCUT2D eigenvalue weighted by Gasteiger charge is 2.14. The summed E-state index contributed by atoms with van der Waals surface area (Å²) in [5.41, 5.74) is 1.80. The number of aliphatic hydroxyl groups is 1. The Bertz CT molecular complexity index is 509. The number of benzene rings is 1. The number of thiophene rings is 1. The van der Waals surface area contributed by atoms with E-state index in [9.17, 15) is 5.11 Å². The van der Waals surface area contributed by atoms with E-state index in [0.29, 0.717) is 5.02 Å². The van der Waals surface area contributed by atoms with E-state index in [2.05, 4.69) is 15.9 Å². The molecule has 1 N–H and O–H groups in total. The number of halogens is 2. The summed E-state index contributed by atoms with van der Waals surface area (Å²) in [6.45, 7) is 2.01. The van der Waals surface area contributed by atoms with E-state index in [4.69, 9.17) is 11.6 Å². The summed E-state index contributed by atoms with van der Waals surface area (Å²) < 4.78 is 0.804. The lowest BCUT2D eigenvalue weighted by Gasteiger charge is -2.11. The largest absolute Gasteiger partial charge is 0.384 e. The van der Waals surface area contributed by atoms with Crippen molar-refractivity contribution in [2.45, 2.75) is 13.0 Å². The average Bonchev–Trinajstić information content (AvgIpc) is 2.67. The predicted octanol–water partition coefficient (Wildman–Crippen LogP) is 4.55. The minimum atomic E-state index is -0.584. The Morgan fingerprint density at radius 3 is 2.69 bits per heavy atom. The first-order chi connectivity index (χ1) is 7.59. The molecule has 4 heteroatoms. The molecule has 0 aliphatic heterocycles. The normalized spacial score (nSPS) is 12.8. The van der Waals surface area contributed by atoms with Gasteiger partial charge in [0.15, 0.2) is 0 Å². The second-order valence-electron chi connectivity index (χ2n) is 3.51. The van der Waals surface area contributed by atoms with Crippen molar-refractivity contribution in [2.24, 2.45) is 0 Å². The van der Waals surface area contributed by atoms with Crippen molar-refractivity contribution in [3.05, 3.63) is 55.1 Å². The lowest BCUT2D eigenvalue weighted by atomic mass is 10.0. The Morgan fingerprint density at radius 1 is 1.38 bits per heavy atom. The first kappa shape index (κ1) is 12.1. The quantitative estimate of drug-likeness (QED) is 0.861. The monoisotopic (exact) mass is 316 g/mol. The molecule has 0 saturated carbocycles. The minimum Gasteiger partial charge on any atom is -0.384 e. The van der Waals surface area contributed by atoms with Crippen molar-refractivity contribution in [3.63, 3.8) is 0 Å². The number of hydrogen-bond donors (Lipinski definition) is 1. The van der Waals surface area contributed by atoms with Crippen LogP contribution in [0, 0.1) is 6.92 Å². The van der Waals surface area contributed by atoms with E-state index < -0.39 is 6.10 Å². The molecule has 0 fully saturated rings. The summed E-state index contributed by atoms with van der Waals surface area (Å²) in [6.07, 6.45) is -0.584. The van der Waals surface area contributed by atoms with Gasteiger partial charge in [0.2, 0.25) is 0 Å². The summed E-state index contributed by atoms with van der Waals surface area (Å²) >= 11 is 10.9. The van der Waals surface area contributed by atoms with Gasteiger partial charge in [-0.25, -0.2) is 0 Å². The zero-order valence-electron chi connectivity index (χ0n) is 8.58. The molecule has 1 aromatic carbocycles. The van der Waals surface area contributed by atoms with Crippen molar-refractivity contribution < 1.29 is 5.11 Å². The Balaban J connectivity index is 2.38. The summed E-state index contributed by atoms with van der Waals surface area (Å²) in [5.74, 6) is 0. The fraction of sp³-hybridized carbons (Fsp3) is 0.167. The zero-order valence-corrected chi connectivity index (χ0v) is 11.7. The van der Waals surface area contributed by atoms with Gasteiger partial charge in [0, 0.05) is 9.35 Å². The highest BCUT2D eigenvalue weighted by atomic mass is 79.9. The number of aliphatic hydroxyl groups excluding tert-OH is 1. The minimum absolute atomic E-state index is 0.584. The van der Waals surface area contributed by atoms with E-state index in [1.807, 2.05) is 30.5 Å². The van der Waals surface area contributed by atoms with Crippen LogP contribution in [0.1, 0.15) is 22.1 Å².